The summed E-state index contributed by atoms with van der Waals surface area (Å²) in [5.41, 5.74) is 0.933. The van der Waals surface area contributed by atoms with Crippen LogP contribution in [0.5, 0.6) is 0 Å². The topological polar surface area (TPSA) is 75.1 Å². The third-order valence-electron chi connectivity index (χ3n) is 4.34. The number of hydrogen-bond donors (Lipinski definition) is 2. The zero-order valence-electron chi connectivity index (χ0n) is 12.4. The van der Waals surface area contributed by atoms with Crippen molar-refractivity contribution in [2.75, 3.05) is 11.9 Å². The molecule has 0 atom stereocenters. The molecule has 20 heavy (non-hydrogen) atoms. The van der Waals surface area contributed by atoms with E-state index in [0.29, 0.717) is 16.9 Å². The maximum Gasteiger partial charge on any atom is 0.356 e. The third kappa shape index (κ3) is 2.92. The van der Waals surface area contributed by atoms with Gasteiger partial charge in [-0.25, -0.2) is 14.8 Å². The summed E-state index contributed by atoms with van der Waals surface area (Å²) in [6, 6.07) is 0. The summed E-state index contributed by atoms with van der Waals surface area (Å²) >= 11 is 0. The van der Waals surface area contributed by atoms with Crippen molar-refractivity contribution >= 4 is 11.7 Å². The lowest BCUT2D eigenvalue weighted by molar-refractivity contribution is 0.0690. The lowest BCUT2D eigenvalue weighted by Crippen LogP contribution is -2.36. The van der Waals surface area contributed by atoms with Crippen molar-refractivity contribution in [3.8, 4) is 0 Å². The second kappa shape index (κ2) is 5.77. The van der Waals surface area contributed by atoms with Crippen molar-refractivity contribution < 1.29 is 9.90 Å². The largest absolute Gasteiger partial charge is 0.476 e. The molecule has 1 aromatic rings. The molecule has 1 fully saturated rings. The van der Waals surface area contributed by atoms with Crippen LogP contribution in [0.4, 0.5) is 5.69 Å². The molecule has 1 aliphatic rings. The molecule has 1 heterocycles. The van der Waals surface area contributed by atoms with E-state index in [1.807, 2.05) is 13.8 Å². The minimum atomic E-state index is -1.00. The fourth-order valence-electron chi connectivity index (χ4n) is 2.58. The van der Waals surface area contributed by atoms with Gasteiger partial charge in [-0.2, -0.15) is 0 Å². The van der Waals surface area contributed by atoms with Gasteiger partial charge in [-0.1, -0.05) is 27.2 Å². The van der Waals surface area contributed by atoms with E-state index in [0.717, 1.165) is 13.0 Å². The molecule has 1 saturated carbocycles. The fraction of sp³-hybridized carbons (Fsp3) is 0.667. The molecular weight excluding hydrogens is 254 g/mol. The Bertz CT molecular complexity index is 490. The van der Waals surface area contributed by atoms with Crippen molar-refractivity contribution in [3.05, 3.63) is 17.7 Å². The van der Waals surface area contributed by atoms with Gasteiger partial charge in [-0.3, -0.25) is 0 Å². The van der Waals surface area contributed by atoms with Gasteiger partial charge in [0.1, 0.15) is 5.82 Å². The van der Waals surface area contributed by atoms with E-state index < -0.39 is 5.97 Å². The molecule has 2 rings (SSSR count). The highest BCUT2D eigenvalue weighted by molar-refractivity contribution is 5.91. The summed E-state index contributed by atoms with van der Waals surface area (Å²) in [6.07, 6.45) is 6.42. The van der Waals surface area contributed by atoms with Gasteiger partial charge in [0.25, 0.3) is 0 Å². The maximum absolute atomic E-state index is 11.3. The van der Waals surface area contributed by atoms with Gasteiger partial charge in [-0.05, 0) is 24.7 Å². The molecule has 1 aromatic heterocycles. The molecule has 0 saturated heterocycles. The minimum absolute atomic E-state index is 0.0780. The SMILES string of the molecule is CCC1(CNc2cnc(C(C)C)nc2C(=O)O)CCC1. The first kappa shape index (κ1) is 14.8. The van der Waals surface area contributed by atoms with Crippen LogP contribution >= 0.6 is 0 Å². The molecular formula is C15H23N3O2. The van der Waals surface area contributed by atoms with E-state index in [1.165, 1.54) is 19.3 Å². The van der Waals surface area contributed by atoms with Crippen LogP contribution in [0.15, 0.2) is 6.20 Å². The fourth-order valence-corrected chi connectivity index (χ4v) is 2.58. The van der Waals surface area contributed by atoms with Crippen molar-refractivity contribution in [2.24, 2.45) is 5.41 Å². The van der Waals surface area contributed by atoms with Crippen LogP contribution in [0.1, 0.15) is 68.7 Å². The van der Waals surface area contributed by atoms with Crippen LogP contribution in [0.25, 0.3) is 0 Å². The van der Waals surface area contributed by atoms with Gasteiger partial charge in [0, 0.05) is 12.5 Å². The molecule has 0 unspecified atom stereocenters. The molecule has 0 bridgehead atoms. The monoisotopic (exact) mass is 277 g/mol. The summed E-state index contributed by atoms with van der Waals surface area (Å²) in [7, 11) is 0. The van der Waals surface area contributed by atoms with E-state index in [1.54, 1.807) is 6.20 Å². The molecule has 5 heteroatoms. The Morgan fingerprint density at radius 2 is 2.20 bits per heavy atom. The van der Waals surface area contributed by atoms with Gasteiger partial charge in [-0.15, -0.1) is 0 Å². The van der Waals surface area contributed by atoms with Crippen LogP contribution in [-0.4, -0.2) is 27.6 Å². The molecule has 0 spiro atoms. The highest BCUT2D eigenvalue weighted by Gasteiger charge is 2.35. The molecule has 110 valence electrons. The summed E-state index contributed by atoms with van der Waals surface area (Å²) in [5, 5.41) is 12.5. The average Bonchev–Trinajstić information content (AvgIpc) is 2.37. The molecule has 2 N–H and O–H groups in total. The highest BCUT2D eigenvalue weighted by Crippen LogP contribution is 2.43. The van der Waals surface area contributed by atoms with E-state index >= 15 is 0 Å². The van der Waals surface area contributed by atoms with Gasteiger partial charge < -0.3 is 10.4 Å². The summed E-state index contributed by atoms with van der Waals surface area (Å²) in [6.45, 7) is 6.90. The number of rotatable bonds is 6. The van der Waals surface area contributed by atoms with Crippen LogP contribution in [0.3, 0.4) is 0 Å². The molecule has 0 aromatic carbocycles. The number of aromatic carboxylic acids is 1. The van der Waals surface area contributed by atoms with Crippen molar-refractivity contribution in [1.29, 1.82) is 0 Å². The van der Waals surface area contributed by atoms with Crippen molar-refractivity contribution in [2.45, 2.75) is 52.4 Å². The van der Waals surface area contributed by atoms with Crippen LogP contribution in [0, 0.1) is 5.41 Å². The molecule has 0 amide bonds. The van der Waals surface area contributed by atoms with Crippen LogP contribution in [-0.2, 0) is 0 Å². The quantitative estimate of drug-likeness (QED) is 0.834. The normalized spacial score (nSPS) is 16.8. The number of carbonyl (C=O) groups is 1. The van der Waals surface area contributed by atoms with Crippen LogP contribution < -0.4 is 5.32 Å². The Labute approximate surface area is 119 Å². The average molecular weight is 277 g/mol. The summed E-state index contributed by atoms with van der Waals surface area (Å²) in [4.78, 5) is 19.8. The molecule has 0 radical (unpaired) electrons. The van der Waals surface area contributed by atoms with Crippen molar-refractivity contribution in [3.63, 3.8) is 0 Å². The standard InChI is InChI=1S/C15H23N3O2/c1-4-15(6-5-7-15)9-17-11-8-16-13(10(2)3)18-12(11)14(19)20/h8,10,17H,4-7,9H2,1-3H3,(H,19,20). The van der Waals surface area contributed by atoms with Gasteiger partial charge in [0.15, 0.2) is 5.69 Å². The molecule has 5 nitrogen and oxygen atoms in total. The first-order valence-electron chi connectivity index (χ1n) is 7.31. The van der Waals surface area contributed by atoms with E-state index in [9.17, 15) is 9.90 Å². The van der Waals surface area contributed by atoms with Gasteiger partial charge in [0.2, 0.25) is 0 Å². The van der Waals surface area contributed by atoms with E-state index in [4.69, 9.17) is 0 Å². The highest BCUT2D eigenvalue weighted by atomic mass is 16.4. The number of hydrogen-bond acceptors (Lipinski definition) is 4. The van der Waals surface area contributed by atoms with Crippen molar-refractivity contribution in [1.82, 2.24) is 9.97 Å². The predicted molar refractivity (Wildman–Crippen MR) is 78.1 cm³/mol. The Morgan fingerprint density at radius 1 is 1.50 bits per heavy atom. The molecule has 1 aliphatic carbocycles. The zero-order valence-corrected chi connectivity index (χ0v) is 12.4. The zero-order chi connectivity index (χ0) is 14.8. The number of nitrogens with one attached hydrogen (secondary N) is 1. The van der Waals surface area contributed by atoms with Crippen LogP contribution in [0.2, 0.25) is 0 Å². The third-order valence-corrected chi connectivity index (χ3v) is 4.34. The maximum atomic E-state index is 11.3. The first-order valence-corrected chi connectivity index (χ1v) is 7.31. The van der Waals surface area contributed by atoms with E-state index in [2.05, 4.69) is 22.2 Å². The Morgan fingerprint density at radius 3 is 2.65 bits per heavy atom. The van der Waals surface area contributed by atoms with Gasteiger partial charge >= 0.3 is 5.97 Å². The lowest BCUT2D eigenvalue weighted by Gasteiger charge is -2.41. The second-order valence-corrected chi connectivity index (χ2v) is 6.01. The van der Waals surface area contributed by atoms with Gasteiger partial charge in [0.05, 0.1) is 11.9 Å². The Hall–Kier alpha value is -1.65. The summed E-state index contributed by atoms with van der Waals surface area (Å²) < 4.78 is 0. The second-order valence-electron chi connectivity index (χ2n) is 6.01. The lowest BCUT2D eigenvalue weighted by atomic mass is 9.67. The first-order chi connectivity index (χ1) is 9.47. The number of nitrogens with zero attached hydrogens (tertiary/aromatic N) is 2. The smallest absolute Gasteiger partial charge is 0.356 e. The number of carboxylic acid groups (broad SMARTS) is 1. The predicted octanol–water partition coefficient (Wildman–Crippen LogP) is 3.29. The molecule has 0 aliphatic heterocycles. The summed E-state index contributed by atoms with van der Waals surface area (Å²) in [5.74, 6) is -0.312. The Kier molecular flexibility index (Phi) is 4.26. The minimum Gasteiger partial charge on any atom is -0.476 e. The van der Waals surface area contributed by atoms with E-state index in [-0.39, 0.29) is 11.6 Å². The Balaban J connectivity index is 2.16. The number of carboxylic acids is 1. The number of anilines is 1. The number of aromatic nitrogens is 2.